The molecule has 0 radical (unpaired) electrons. The highest BCUT2D eigenvalue weighted by atomic mass is 79.9. The van der Waals surface area contributed by atoms with Gasteiger partial charge in [-0.3, -0.25) is 0 Å². The van der Waals surface area contributed by atoms with Gasteiger partial charge in [0.1, 0.15) is 0 Å². The van der Waals surface area contributed by atoms with E-state index in [2.05, 4.69) is 47.1 Å². The summed E-state index contributed by atoms with van der Waals surface area (Å²) in [5, 5.41) is 0. The van der Waals surface area contributed by atoms with Crippen LogP contribution in [0.2, 0.25) is 0 Å². The van der Waals surface area contributed by atoms with Gasteiger partial charge in [0.2, 0.25) is 0 Å². The molecule has 0 aliphatic heterocycles. The summed E-state index contributed by atoms with van der Waals surface area (Å²) in [7, 11) is 0. The molecule has 0 saturated heterocycles. The van der Waals surface area contributed by atoms with Crippen molar-refractivity contribution in [2.45, 2.75) is 13.3 Å². The Labute approximate surface area is 86.8 Å². The maximum Gasteiger partial charge on any atom is -0.00616 e. The molecule has 1 rings (SSSR count). The fraction of sp³-hybridized carbons (Fsp3) is 0.200. The van der Waals surface area contributed by atoms with Gasteiger partial charge < -0.3 is 0 Å². The lowest BCUT2D eigenvalue weighted by atomic mass is 10.1. The first-order chi connectivity index (χ1) is 5.33. The Morgan fingerprint density at radius 3 is 2.42 bits per heavy atom. The average molecular weight is 243 g/mol. The number of halogens is 1. The largest absolute Gasteiger partial charge is 0.0622 e. The second kappa shape index (κ2) is 6.20. The van der Waals surface area contributed by atoms with Gasteiger partial charge in [-0.2, -0.15) is 0 Å². The molecule has 0 atom stereocenters. The molecule has 0 nitrogen and oxygen atoms in total. The van der Waals surface area contributed by atoms with E-state index in [4.69, 9.17) is 0 Å². The molecule has 0 aromatic heterocycles. The van der Waals surface area contributed by atoms with Crippen LogP contribution in [0.15, 0.2) is 40.9 Å². The minimum atomic E-state index is 0. The molecule has 0 N–H and O–H groups in total. The summed E-state index contributed by atoms with van der Waals surface area (Å²) in [5.41, 5.74) is 2.71. The zero-order valence-electron chi connectivity index (χ0n) is 6.55. The predicted molar refractivity (Wildman–Crippen MR) is 64.2 cm³/mol. The van der Waals surface area contributed by atoms with Crippen molar-refractivity contribution in [2.75, 3.05) is 0 Å². The van der Waals surface area contributed by atoms with Gasteiger partial charge in [-0.25, -0.2) is 0 Å². The van der Waals surface area contributed by atoms with Crippen LogP contribution in [0.25, 0.3) is 0 Å². The first kappa shape index (κ1) is 11.7. The predicted octanol–water partition coefficient (Wildman–Crippen LogP) is 2.08. The molecule has 1 aromatic carbocycles. The summed E-state index contributed by atoms with van der Waals surface area (Å²) >= 11 is 3.31. The van der Waals surface area contributed by atoms with Crippen molar-refractivity contribution in [3.63, 3.8) is 0 Å². The monoisotopic (exact) mass is 242 g/mol. The minimum Gasteiger partial charge on any atom is -0.0622 e. The van der Waals surface area contributed by atoms with E-state index in [1.54, 1.807) is 0 Å². The molecule has 0 saturated carbocycles. The minimum absolute atomic E-state index is 0. The second-order valence-electron chi connectivity index (χ2n) is 2.62. The van der Waals surface area contributed by atoms with Crippen molar-refractivity contribution in [1.82, 2.24) is 0 Å². The Morgan fingerprint density at radius 2 is 1.92 bits per heavy atom. The van der Waals surface area contributed by atoms with Crippen molar-refractivity contribution in [2.24, 2.45) is 0 Å². The van der Waals surface area contributed by atoms with Crippen LogP contribution in [-0.2, 0) is 6.42 Å². The Morgan fingerprint density at radius 1 is 1.33 bits per heavy atom. The maximum absolute atomic E-state index is 3.31. The zero-order valence-corrected chi connectivity index (χ0v) is 8.14. The Balaban J connectivity index is 0.00000121. The second-order valence-corrected chi connectivity index (χ2v) is 3.08. The standard InChI is InChI=1S/C10H11Br.H4Si/c1-9(8-11)7-10-5-3-2-4-6-10;/h2-6,8H,7H2,1H3;1H4. The first-order valence-corrected chi connectivity index (χ1v) is 4.54. The van der Waals surface area contributed by atoms with Crippen molar-refractivity contribution in [1.29, 1.82) is 0 Å². The zero-order chi connectivity index (χ0) is 8.10. The highest BCUT2D eigenvalue weighted by Gasteiger charge is 1.90. The third-order valence-electron chi connectivity index (χ3n) is 1.51. The number of hydrogen-bond donors (Lipinski definition) is 0. The molecular formula is C10H15BrSi. The van der Waals surface area contributed by atoms with E-state index in [-0.39, 0.29) is 11.0 Å². The molecule has 0 aliphatic rings. The molecule has 66 valence electrons. The van der Waals surface area contributed by atoms with Gasteiger partial charge in [-0.15, -0.1) is 0 Å². The van der Waals surface area contributed by atoms with Crippen LogP contribution in [0.1, 0.15) is 12.5 Å². The van der Waals surface area contributed by atoms with Crippen molar-refractivity contribution >= 4 is 26.9 Å². The molecule has 0 unspecified atom stereocenters. The molecule has 2 heteroatoms. The topological polar surface area (TPSA) is 0 Å². The summed E-state index contributed by atoms with van der Waals surface area (Å²) in [6.45, 7) is 2.11. The van der Waals surface area contributed by atoms with Crippen molar-refractivity contribution in [3.8, 4) is 0 Å². The quantitative estimate of drug-likeness (QED) is 0.698. The van der Waals surface area contributed by atoms with Gasteiger partial charge >= 0.3 is 0 Å². The SMILES string of the molecule is CC(=CBr)Cc1ccccc1.[SiH4]. The lowest BCUT2D eigenvalue weighted by Crippen LogP contribution is -1.83. The summed E-state index contributed by atoms with van der Waals surface area (Å²) < 4.78 is 0. The molecule has 0 aliphatic carbocycles. The van der Waals surface area contributed by atoms with Gasteiger partial charge in [0.05, 0.1) is 0 Å². The van der Waals surface area contributed by atoms with Crippen molar-refractivity contribution < 1.29 is 0 Å². The van der Waals surface area contributed by atoms with Gasteiger partial charge in [-0.05, 0) is 34.9 Å². The molecule has 1 aromatic rings. The lowest BCUT2D eigenvalue weighted by molar-refractivity contribution is 1.15. The molecule has 0 spiro atoms. The van der Waals surface area contributed by atoms with Crippen LogP contribution < -0.4 is 0 Å². The number of benzene rings is 1. The number of hydrogen-bond acceptors (Lipinski definition) is 0. The third kappa shape index (κ3) is 3.88. The van der Waals surface area contributed by atoms with Gasteiger partial charge in [0.25, 0.3) is 0 Å². The van der Waals surface area contributed by atoms with Gasteiger partial charge in [0.15, 0.2) is 0 Å². The number of rotatable bonds is 2. The normalized spacial score (nSPS) is 10.7. The van der Waals surface area contributed by atoms with E-state index >= 15 is 0 Å². The summed E-state index contributed by atoms with van der Waals surface area (Å²) in [4.78, 5) is 1.97. The summed E-state index contributed by atoms with van der Waals surface area (Å²) in [6.07, 6.45) is 1.03. The molecule has 0 amide bonds. The molecule has 0 heterocycles. The van der Waals surface area contributed by atoms with Gasteiger partial charge in [0, 0.05) is 0 Å². The fourth-order valence-electron chi connectivity index (χ4n) is 0.956. The van der Waals surface area contributed by atoms with Crippen LogP contribution in [0.4, 0.5) is 0 Å². The molecule has 0 fully saturated rings. The Kier molecular flexibility index (Phi) is 6.03. The van der Waals surface area contributed by atoms with Crippen LogP contribution in [0.5, 0.6) is 0 Å². The van der Waals surface area contributed by atoms with E-state index in [9.17, 15) is 0 Å². The Bertz CT molecular complexity index is 241. The fourth-order valence-corrected chi connectivity index (χ4v) is 1.12. The van der Waals surface area contributed by atoms with Crippen LogP contribution in [0.3, 0.4) is 0 Å². The summed E-state index contributed by atoms with van der Waals surface area (Å²) in [6, 6.07) is 10.4. The average Bonchev–Trinajstić information content (AvgIpc) is 2.06. The van der Waals surface area contributed by atoms with E-state index in [1.807, 2.05) is 11.1 Å². The Hall–Kier alpha value is -0.343. The smallest absolute Gasteiger partial charge is 0.00616 e. The summed E-state index contributed by atoms with van der Waals surface area (Å²) in [5.74, 6) is 0. The van der Waals surface area contributed by atoms with E-state index in [0.29, 0.717) is 0 Å². The lowest BCUT2D eigenvalue weighted by Gasteiger charge is -1.98. The van der Waals surface area contributed by atoms with Crippen molar-refractivity contribution in [3.05, 3.63) is 46.5 Å². The van der Waals surface area contributed by atoms with E-state index in [0.717, 1.165) is 6.42 Å². The molecule has 12 heavy (non-hydrogen) atoms. The highest BCUT2D eigenvalue weighted by Crippen LogP contribution is 2.07. The van der Waals surface area contributed by atoms with Crippen LogP contribution in [0, 0.1) is 0 Å². The van der Waals surface area contributed by atoms with Crippen LogP contribution >= 0.6 is 15.9 Å². The number of allylic oxidation sites excluding steroid dienone is 1. The first-order valence-electron chi connectivity index (χ1n) is 3.62. The van der Waals surface area contributed by atoms with E-state index < -0.39 is 0 Å². The van der Waals surface area contributed by atoms with E-state index in [1.165, 1.54) is 11.1 Å². The molecular weight excluding hydrogens is 228 g/mol. The third-order valence-corrected chi connectivity index (χ3v) is 2.29. The molecule has 0 bridgehead atoms. The maximum atomic E-state index is 3.31. The van der Waals surface area contributed by atoms with Crippen LogP contribution in [-0.4, -0.2) is 11.0 Å². The van der Waals surface area contributed by atoms with Gasteiger partial charge in [-0.1, -0.05) is 51.8 Å². The highest BCUT2D eigenvalue weighted by molar-refractivity contribution is 9.11.